The predicted octanol–water partition coefficient (Wildman–Crippen LogP) is 4.08. The standard InChI is InChI=1S/C13H19BrN2/c1-10-4-6-11(7-5-10)9-16-12-3-2-8-15-13(12)14/h2-3,8,10-11,16H,4-7,9H2,1H3. The summed E-state index contributed by atoms with van der Waals surface area (Å²) in [5, 5.41) is 3.49. The Labute approximate surface area is 106 Å². The largest absolute Gasteiger partial charge is 0.383 e. The first kappa shape index (κ1) is 11.9. The third kappa shape index (κ3) is 3.21. The second-order valence-electron chi connectivity index (χ2n) is 4.85. The molecule has 0 radical (unpaired) electrons. The molecule has 0 aromatic carbocycles. The molecule has 1 heterocycles. The van der Waals surface area contributed by atoms with Gasteiger partial charge in [0.15, 0.2) is 0 Å². The highest BCUT2D eigenvalue weighted by Crippen LogP contribution is 2.29. The highest BCUT2D eigenvalue weighted by atomic mass is 79.9. The van der Waals surface area contributed by atoms with E-state index in [2.05, 4.69) is 39.2 Å². The summed E-state index contributed by atoms with van der Waals surface area (Å²) in [4.78, 5) is 4.21. The second-order valence-corrected chi connectivity index (χ2v) is 5.60. The smallest absolute Gasteiger partial charge is 0.129 e. The number of halogens is 1. The summed E-state index contributed by atoms with van der Waals surface area (Å²) >= 11 is 3.46. The molecule has 0 saturated heterocycles. The molecule has 0 bridgehead atoms. The number of hydrogen-bond acceptors (Lipinski definition) is 2. The minimum atomic E-state index is 0.836. The molecule has 1 saturated carbocycles. The lowest BCUT2D eigenvalue weighted by atomic mass is 9.83. The maximum Gasteiger partial charge on any atom is 0.129 e. The van der Waals surface area contributed by atoms with E-state index in [4.69, 9.17) is 0 Å². The monoisotopic (exact) mass is 282 g/mol. The van der Waals surface area contributed by atoms with Gasteiger partial charge in [-0.05, 0) is 52.7 Å². The van der Waals surface area contributed by atoms with Gasteiger partial charge in [0.2, 0.25) is 0 Å². The molecule has 0 spiro atoms. The van der Waals surface area contributed by atoms with Gasteiger partial charge in [-0.15, -0.1) is 0 Å². The molecule has 1 aliphatic carbocycles. The van der Waals surface area contributed by atoms with Gasteiger partial charge in [-0.25, -0.2) is 4.98 Å². The van der Waals surface area contributed by atoms with Gasteiger partial charge in [0.05, 0.1) is 5.69 Å². The first-order valence-electron chi connectivity index (χ1n) is 6.10. The highest BCUT2D eigenvalue weighted by Gasteiger charge is 2.17. The molecule has 0 unspecified atom stereocenters. The fourth-order valence-corrected chi connectivity index (χ4v) is 2.70. The molecular weight excluding hydrogens is 264 g/mol. The van der Waals surface area contributed by atoms with E-state index >= 15 is 0 Å². The van der Waals surface area contributed by atoms with Gasteiger partial charge >= 0.3 is 0 Å². The van der Waals surface area contributed by atoms with Crippen LogP contribution in [0.1, 0.15) is 32.6 Å². The van der Waals surface area contributed by atoms with E-state index < -0.39 is 0 Å². The van der Waals surface area contributed by atoms with E-state index in [1.165, 1.54) is 25.7 Å². The molecule has 1 N–H and O–H groups in total. The Hall–Kier alpha value is -0.570. The lowest BCUT2D eigenvalue weighted by Crippen LogP contribution is -2.20. The van der Waals surface area contributed by atoms with Crippen molar-refractivity contribution in [2.75, 3.05) is 11.9 Å². The van der Waals surface area contributed by atoms with Crippen molar-refractivity contribution in [1.29, 1.82) is 0 Å². The molecule has 2 nitrogen and oxygen atoms in total. The Morgan fingerprint density at radius 1 is 1.38 bits per heavy atom. The molecule has 0 aliphatic heterocycles. The van der Waals surface area contributed by atoms with Crippen LogP contribution in [0.15, 0.2) is 22.9 Å². The van der Waals surface area contributed by atoms with E-state index in [9.17, 15) is 0 Å². The zero-order chi connectivity index (χ0) is 11.4. The van der Waals surface area contributed by atoms with Crippen LogP contribution in [-0.4, -0.2) is 11.5 Å². The number of aromatic nitrogens is 1. The van der Waals surface area contributed by atoms with Crippen LogP contribution >= 0.6 is 15.9 Å². The molecular formula is C13H19BrN2. The van der Waals surface area contributed by atoms with Gasteiger partial charge in [0.1, 0.15) is 4.60 Å². The molecule has 3 heteroatoms. The molecule has 16 heavy (non-hydrogen) atoms. The van der Waals surface area contributed by atoms with Crippen molar-refractivity contribution >= 4 is 21.6 Å². The number of nitrogens with one attached hydrogen (secondary N) is 1. The van der Waals surface area contributed by atoms with Gasteiger partial charge in [0, 0.05) is 12.7 Å². The van der Waals surface area contributed by atoms with Crippen molar-refractivity contribution in [1.82, 2.24) is 4.98 Å². The van der Waals surface area contributed by atoms with Crippen molar-refractivity contribution in [3.63, 3.8) is 0 Å². The zero-order valence-corrected chi connectivity index (χ0v) is 11.3. The molecule has 88 valence electrons. The summed E-state index contributed by atoms with van der Waals surface area (Å²) in [6.07, 6.45) is 7.32. The van der Waals surface area contributed by atoms with E-state index in [-0.39, 0.29) is 0 Å². The van der Waals surface area contributed by atoms with E-state index in [1.54, 1.807) is 6.20 Å². The molecule has 1 aromatic rings. The van der Waals surface area contributed by atoms with E-state index in [0.29, 0.717) is 0 Å². The lowest BCUT2D eigenvalue weighted by Gasteiger charge is -2.26. The van der Waals surface area contributed by atoms with Gasteiger partial charge in [-0.2, -0.15) is 0 Å². The highest BCUT2D eigenvalue weighted by molar-refractivity contribution is 9.10. The summed E-state index contributed by atoms with van der Waals surface area (Å²) in [5.41, 5.74) is 1.11. The van der Waals surface area contributed by atoms with Crippen LogP contribution < -0.4 is 5.32 Å². The Bertz CT molecular complexity index is 332. The SMILES string of the molecule is CC1CCC(CNc2cccnc2Br)CC1. The minimum absolute atomic E-state index is 0.836. The number of anilines is 1. The first-order valence-corrected chi connectivity index (χ1v) is 6.89. The fourth-order valence-electron chi connectivity index (χ4n) is 2.31. The van der Waals surface area contributed by atoms with Crippen LogP contribution in [0.25, 0.3) is 0 Å². The van der Waals surface area contributed by atoms with Crippen molar-refractivity contribution in [2.24, 2.45) is 11.8 Å². The average Bonchev–Trinajstić information content (AvgIpc) is 2.30. The third-order valence-corrected chi connectivity index (χ3v) is 4.11. The Balaban J connectivity index is 1.81. The number of pyridine rings is 1. The Morgan fingerprint density at radius 3 is 2.81 bits per heavy atom. The maximum atomic E-state index is 4.21. The molecule has 1 aromatic heterocycles. The van der Waals surface area contributed by atoms with Crippen molar-refractivity contribution < 1.29 is 0 Å². The van der Waals surface area contributed by atoms with Crippen LogP contribution in [-0.2, 0) is 0 Å². The maximum absolute atomic E-state index is 4.21. The summed E-state index contributed by atoms with van der Waals surface area (Å²) in [6, 6.07) is 4.04. The first-order chi connectivity index (χ1) is 7.75. The molecule has 0 amide bonds. The number of nitrogens with zero attached hydrogens (tertiary/aromatic N) is 1. The molecule has 2 rings (SSSR count). The summed E-state index contributed by atoms with van der Waals surface area (Å²) in [7, 11) is 0. The van der Waals surface area contributed by atoms with Gasteiger partial charge in [-0.1, -0.05) is 19.8 Å². The van der Waals surface area contributed by atoms with Gasteiger partial charge in [-0.3, -0.25) is 0 Å². The van der Waals surface area contributed by atoms with Crippen LogP contribution in [0.4, 0.5) is 5.69 Å². The quantitative estimate of drug-likeness (QED) is 0.845. The van der Waals surface area contributed by atoms with Crippen LogP contribution in [0.5, 0.6) is 0 Å². The summed E-state index contributed by atoms with van der Waals surface area (Å²) in [5.74, 6) is 1.77. The topological polar surface area (TPSA) is 24.9 Å². The average molecular weight is 283 g/mol. The number of hydrogen-bond donors (Lipinski definition) is 1. The van der Waals surface area contributed by atoms with Crippen LogP contribution in [0.3, 0.4) is 0 Å². The van der Waals surface area contributed by atoms with Crippen LogP contribution in [0.2, 0.25) is 0 Å². The molecule has 1 fully saturated rings. The Kier molecular flexibility index (Phi) is 4.22. The molecule has 1 aliphatic rings. The Morgan fingerprint density at radius 2 is 2.12 bits per heavy atom. The predicted molar refractivity (Wildman–Crippen MR) is 71.5 cm³/mol. The van der Waals surface area contributed by atoms with Crippen molar-refractivity contribution in [3.05, 3.63) is 22.9 Å². The number of rotatable bonds is 3. The minimum Gasteiger partial charge on any atom is -0.383 e. The zero-order valence-electron chi connectivity index (χ0n) is 9.75. The van der Waals surface area contributed by atoms with E-state index in [1.807, 2.05) is 6.07 Å². The van der Waals surface area contributed by atoms with Crippen LogP contribution in [0, 0.1) is 11.8 Å². The van der Waals surface area contributed by atoms with Gasteiger partial charge < -0.3 is 5.32 Å². The van der Waals surface area contributed by atoms with Gasteiger partial charge in [0.25, 0.3) is 0 Å². The van der Waals surface area contributed by atoms with Crippen molar-refractivity contribution in [2.45, 2.75) is 32.6 Å². The summed E-state index contributed by atoms with van der Waals surface area (Å²) < 4.78 is 0.916. The summed E-state index contributed by atoms with van der Waals surface area (Å²) in [6.45, 7) is 3.44. The fraction of sp³-hybridized carbons (Fsp3) is 0.615. The lowest BCUT2D eigenvalue weighted by molar-refractivity contribution is 0.300. The molecule has 0 atom stereocenters. The second kappa shape index (κ2) is 5.67. The third-order valence-electron chi connectivity index (χ3n) is 3.48. The van der Waals surface area contributed by atoms with Crippen molar-refractivity contribution in [3.8, 4) is 0 Å². The van der Waals surface area contributed by atoms with E-state index in [0.717, 1.165) is 28.7 Å². The normalized spacial score (nSPS) is 25.4.